The van der Waals surface area contributed by atoms with Gasteiger partial charge in [-0.2, -0.15) is 9.40 Å². The van der Waals surface area contributed by atoms with Gasteiger partial charge in [-0.15, -0.1) is 11.3 Å². The van der Waals surface area contributed by atoms with Crippen LogP contribution in [0.1, 0.15) is 11.7 Å². The van der Waals surface area contributed by atoms with E-state index in [4.69, 9.17) is 9.47 Å². The zero-order chi connectivity index (χ0) is 15.7. The fraction of sp³-hybridized carbons (Fsp3) is 0.462. The van der Waals surface area contributed by atoms with Crippen molar-refractivity contribution in [2.45, 2.75) is 10.3 Å². The number of sulfonamides is 1. The normalized spacial score (nSPS) is 20.2. The molecule has 1 saturated heterocycles. The third-order valence-corrected chi connectivity index (χ3v) is 6.80. The molecule has 0 N–H and O–H groups in total. The number of aryl methyl sites for hydroxylation is 1. The molecule has 22 heavy (non-hydrogen) atoms. The monoisotopic (exact) mass is 343 g/mol. The lowest BCUT2D eigenvalue weighted by Crippen LogP contribution is -2.41. The molecule has 0 saturated carbocycles. The number of hydrogen-bond donors (Lipinski definition) is 0. The Morgan fingerprint density at radius 2 is 2.32 bits per heavy atom. The second-order valence-corrected chi connectivity index (χ2v) is 8.00. The van der Waals surface area contributed by atoms with Crippen LogP contribution in [0.3, 0.4) is 0 Å². The van der Waals surface area contributed by atoms with Crippen LogP contribution in [0, 0.1) is 0 Å². The quantitative estimate of drug-likeness (QED) is 0.835. The summed E-state index contributed by atoms with van der Waals surface area (Å²) in [6.45, 7) is 0.960. The summed E-state index contributed by atoms with van der Waals surface area (Å²) in [6.07, 6.45) is 3.24. The molecule has 3 rings (SSSR count). The van der Waals surface area contributed by atoms with E-state index in [2.05, 4.69) is 5.10 Å². The minimum atomic E-state index is -3.58. The first-order valence-electron chi connectivity index (χ1n) is 6.74. The van der Waals surface area contributed by atoms with Gasteiger partial charge in [-0.3, -0.25) is 4.68 Å². The summed E-state index contributed by atoms with van der Waals surface area (Å²) in [7, 11) is -0.288. The van der Waals surface area contributed by atoms with E-state index in [1.807, 2.05) is 13.2 Å². The highest BCUT2D eigenvalue weighted by Gasteiger charge is 2.34. The molecule has 1 aliphatic rings. The van der Waals surface area contributed by atoms with Gasteiger partial charge in [0.2, 0.25) is 0 Å². The zero-order valence-corrected chi connectivity index (χ0v) is 13.9. The molecule has 0 unspecified atom stereocenters. The van der Waals surface area contributed by atoms with E-state index in [-0.39, 0.29) is 16.9 Å². The minimum Gasteiger partial charge on any atom is -0.494 e. The smallest absolute Gasteiger partial charge is 0.256 e. The van der Waals surface area contributed by atoms with Crippen molar-refractivity contribution in [2.75, 3.05) is 26.8 Å². The predicted octanol–water partition coefficient (Wildman–Crippen LogP) is 1.25. The summed E-state index contributed by atoms with van der Waals surface area (Å²) in [6, 6.07) is 1.66. The number of morpholine rings is 1. The van der Waals surface area contributed by atoms with E-state index >= 15 is 0 Å². The Kier molecular flexibility index (Phi) is 4.22. The number of thiophene rings is 1. The van der Waals surface area contributed by atoms with Crippen molar-refractivity contribution in [2.24, 2.45) is 7.05 Å². The zero-order valence-electron chi connectivity index (χ0n) is 12.3. The molecule has 7 nitrogen and oxygen atoms in total. The molecule has 0 bridgehead atoms. The summed E-state index contributed by atoms with van der Waals surface area (Å²) >= 11 is 1.16. The van der Waals surface area contributed by atoms with Gasteiger partial charge >= 0.3 is 0 Å². The van der Waals surface area contributed by atoms with E-state index < -0.39 is 10.0 Å². The molecule has 1 atom stereocenters. The standard InChI is InChI=1S/C13H17N3O4S2/c1-15-8-10(7-14-15)12-9-16(4-5-20-12)22(17,18)13-11(19-2)3-6-21-13/h3,6-8,12H,4-5,9H2,1-2H3/t12-/m0/s1. The first kappa shape index (κ1) is 15.5. The Balaban J connectivity index is 1.85. The maximum Gasteiger partial charge on any atom is 0.256 e. The Hall–Kier alpha value is -1.42. The number of aromatic nitrogens is 2. The molecule has 1 aliphatic heterocycles. The SMILES string of the molecule is COc1ccsc1S(=O)(=O)N1CCO[C@H](c2cnn(C)c2)C1. The molecule has 0 aromatic carbocycles. The van der Waals surface area contributed by atoms with Crippen LogP contribution in [0.4, 0.5) is 0 Å². The largest absolute Gasteiger partial charge is 0.494 e. The fourth-order valence-corrected chi connectivity index (χ4v) is 5.23. The predicted molar refractivity (Wildman–Crippen MR) is 81.5 cm³/mol. The molecule has 0 radical (unpaired) electrons. The Morgan fingerprint density at radius 3 is 3.00 bits per heavy atom. The molecular weight excluding hydrogens is 326 g/mol. The van der Waals surface area contributed by atoms with Crippen LogP contribution in [0.15, 0.2) is 28.0 Å². The molecule has 2 aromatic heterocycles. The number of ether oxygens (including phenoxy) is 2. The van der Waals surface area contributed by atoms with Gasteiger partial charge in [-0.25, -0.2) is 8.42 Å². The van der Waals surface area contributed by atoms with Crippen molar-refractivity contribution in [3.63, 3.8) is 0 Å². The summed E-state index contributed by atoms with van der Waals surface area (Å²) in [4.78, 5) is 0. The molecule has 120 valence electrons. The molecule has 0 amide bonds. The molecule has 0 aliphatic carbocycles. The number of hydrogen-bond acceptors (Lipinski definition) is 6. The van der Waals surface area contributed by atoms with Gasteiger partial charge < -0.3 is 9.47 Å². The highest BCUT2D eigenvalue weighted by atomic mass is 32.2. The topological polar surface area (TPSA) is 73.7 Å². The highest BCUT2D eigenvalue weighted by molar-refractivity contribution is 7.91. The van der Waals surface area contributed by atoms with Gasteiger partial charge in [0.1, 0.15) is 5.75 Å². The van der Waals surface area contributed by atoms with Crippen LogP contribution >= 0.6 is 11.3 Å². The first-order valence-corrected chi connectivity index (χ1v) is 9.06. The minimum absolute atomic E-state index is 0.238. The fourth-order valence-electron chi connectivity index (χ4n) is 2.39. The van der Waals surface area contributed by atoms with Crippen molar-refractivity contribution in [3.05, 3.63) is 29.4 Å². The average Bonchev–Trinajstić information content (AvgIpc) is 3.16. The maximum atomic E-state index is 12.8. The molecule has 3 heterocycles. The second-order valence-electron chi connectivity index (χ2n) is 4.95. The van der Waals surface area contributed by atoms with Crippen molar-refractivity contribution in [1.82, 2.24) is 14.1 Å². The van der Waals surface area contributed by atoms with Crippen molar-refractivity contribution >= 4 is 21.4 Å². The van der Waals surface area contributed by atoms with E-state index in [0.29, 0.717) is 18.9 Å². The van der Waals surface area contributed by atoms with E-state index in [0.717, 1.165) is 16.9 Å². The van der Waals surface area contributed by atoms with Gasteiger partial charge in [0, 0.05) is 31.9 Å². The van der Waals surface area contributed by atoms with Crippen LogP contribution in [0.25, 0.3) is 0 Å². The molecule has 1 fully saturated rings. The lowest BCUT2D eigenvalue weighted by atomic mass is 10.2. The lowest BCUT2D eigenvalue weighted by Gasteiger charge is -2.31. The summed E-state index contributed by atoms with van der Waals surface area (Å²) in [5.74, 6) is 0.384. The Labute approximate surface area is 133 Å². The number of methoxy groups -OCH3 is 1. The molecule has 2 aromatic rings. The average molecular weight is 343 g/mol. The lowest BCUT2D eigenvalue weighted by molar-refractivity contribution is -0.00256. The summed E-state index contributed by atoms with van der Waals surface area (Å²) in [5, 5.41) is 5.82. The van der Waals surface area contributed by atoms with Crippen molar-refractivity contribution in [1.29, 1.82) is 0 Å². The Bertz CT molecular complexity index is 753. The van der Waals surface area contributed by atoms with Crippen LogP contribution in [0.2, 0.25) is 0 Å². The van der Waals surface area contributed by atoms with E-state index in [9.17, 15) is 8.42 Å². The van der Waals surface area contributed by atoms with E-state index in [1.54, 1.807) is 22.3 Å². The van der Waals surface area contributed by atoms with Crippen LogP contribution in [-0.2, 0) is 21.8 Å². The van der Waals surface area contributed by atoms with Gasteiger partial charge in [-0.1, -0.05) is 0 Å². The third kappa shape index (κ3) is 2.76. The second kappa shape index (κ2) is 5.99. The van der Waals surface area contributed by atoms with Gasteiger partial charge in [-0.05, 0) is 11.4 Å². The van der Waals surface area contributed by atoms with Crippen molar-refractivity contribution in [3.8, 4) is 5.75 Å². The van der Waals surface area contributed by atoms with Crippen LogP contribution in [0.5, 0.6) is 5.75 Å². The van der Waals surface area contributed by atoms with Gasteiger partial charge in [0.25, 0.3) is 10.0 Å². The van der Waals surface area contributed by atoms with Crippen LogP contribution < -0.4 is 4.74 Å². The first-order chi connectivity index (χ1) is 10.5. The van der Waals surface area contributed by atoms with E-state index in [1.165, 1.54) is 11.4 Å². The highest BCUT2D eigenvalue weighted by Crippen LogP contribution is 2.34. The summed E-state index contributed by atoms with van der Waals surface area (Å²) in [5.41, 5.74) is 0.876. The number of nitrogens with zero attached hydrogens (tertiary/aromatic N) is 3. The molecule has 0 spiro atoms. The van der Waals surface area contributed by atoms with Gasteiger partial charge in [0.15, 0.2) is 4.21 Å². The third-order valence-electron chi connectivity index (χ3n) is 3.52. The summed E-state index contributed by atoms with van der Waals surface area (Å²) < 4.78 is 39.8. The number of rotatable bonds is 4. The van der Waals surface area contributed by atoms with Gasteiger partial charge in [0.05, 0.1) is 26.0 Å². The molecular formula is C13H17N3O4S2. The molecule has 9 heteroatoms. The Morgan fingerprint density at radius 1 is 1.50 bits per heavy atom. The maximum absolute atomic E-state index is 12.8. The van der Waals surface area contributed by atoms with Crippen LogP contribution in [-0.4, -0.2) is 49.3 Å². The van der Waals surface area contributed by atoms with Crippen molar-refractivity contribution < 1.29 is 17.9 Å².